The second-order valence-corrected chi connectivity index (χ2v) is 21.5. The number of nitrogens with one attached hydrogen (secondary N) is 2. The standard InChI is InChI=1S/C55H100N2O21/c1-4-6-8-10-12-14-16-17-19-21-23-25-27-29-42(65)57-36(37(62)28-26-24-22-20-18-15-13-11-9-7-5-2)34-73-52-47(69)46(68)49(41(33-60)75-52)76-53-48(70)51(45(67)40(32-59)74-53)78-55(54(71)72)30-38(63)43(56-35(3)61)50(77-55)44(66)39(64)31-58/h17,19,36-41,43-53,58-60,62-64,66-70H,4-16,18,20-34H2,1-3H3,(H,56,61)(H,57,65)(H,71,72)/b19-17-. The molecule has 23 nitrogen and oxygen atoms in total. The number of unbranched alkanes of at least 4 members (excludes halogenated alkanes) is 19. The maximum absolute atomic E-state index is 13.3. The van der Waals surface area contributed by atoms with Crippen molar-refractivity contribution in [1.29, 1.82) is 0 Å². The van der Waals surface area contributed by atoms with E-state index in [4.69, 9.17) is 28.4 Å². The summed E-state index contributed by atoms with van der Waals surface area (Å²) in [6, 6.07) is -2.53. The lowest BCUT2D eigenvalue weighted by Crippen LogP contribution is -2.70. The van der Waals surface area contributed by atoms with Gasteiger partial charge >= 0.3 is 5.97 Å². The van der Waals surface area contributed by atoms with Gasteiger partial charge in [-0.3, -0.25) is 9.59 Å². The Balaban J connectivity index is 1.69. The average molecular weight is 1130 g/mol. The topological polar surface area (TPSA) is 373 Å². The second kappa shape index (κ2) is 38.3. The lowest BCUT2D eigenvalue weighted by Gasteiger charge is -2.50. The van der Waals surface area contributed by atoms with Crippen LogP contribution >= 0.6 is 0 Å². The van der Waals surface area contributed by atoms with Crippen molar-refractivity contribution in [3.63, 3.8) is 0 Å². The van der Waals surface area contributed by atoms with E-state index in [-0.39, 0.29) is 18.9 Å². The lowest BCUT2D eigenvalue weighted by molar-refractivity contribution is -0.386. The highest BCUT2D eigenvalue weighted by molar-refractivity contribution is 5.77. The molecule has 456 valence electrons. The molecule has 0 bridgehead atoms. The summed E-state index contributed by atoms with van der Waals surface area (Å²) in [6.45, 7) is 2.11. The molecule has 0 spiro atoms. The molecule has 18 unspecified atom stereocenters. The molecule has 14 N–H and O–H groups in total. The predicted molar refractivity (Wildman–Crippen MR) is 283 cm³/mol. The molecular formula is C55H100N2O21. The molecule has 23 heteroatoms. The van der Waals surface area contributed by atoms with Crippen molar-refractivity contribution < 1.29 is 104 Å². The van der Waals surface area contributed by atoms with Crippen LogP contribution in [0.1, 0.15) is 181 Å². The Kier molecular flexibility index (Phi) is 34.2. The molecule has 3 aliphatic rings. The number of aliphatic carboxylic acids is 1. The first kappa shape index (κ1) is 69.7. The maximum Gasteiger partial charge on any atom is 0.364 e. The van der Waals surface area contributed by atoms with Crippen LogP contribution in [0.15, 0.2) is 12.2 Å². The number of rotatable bonds is 41. The third-order valence-corrected chi connectivity index (χ3v) is 15.0. The summed E-state index contributed by atoms with van der Waals surface area (Å²) in [4.78, 5) is 38.3. The van der Waals surface area contributed by atoms with E-state index >= 15 is 0 Å². The first-order chi connectivity index (χ1) is 37.4. The monoisotopic (exact) mass is 1120 g/mol. The van der Waals surface area contributed by atoms with Crippen molar-refractivity contribution in [2.45, 2.75) is 291 Å². The Morgan fingerprint density at radius 3 is 1.73 bits per heavy atom. The molecule has 3 rings (SSSR count). The van der Waals surface area contributed by atoms with Gasteiger partial charge in [-0.15, -0.1) is 0 Å². The van der Waals surface area contributed by atoms with E-state index in [0.717, 1.165) is 58.3 Å². The van der Waals surface area contributed by atoms with Gasteiger partial charge in [-0.25, -0.2) is 4.79 Å². The zero-order valence-electron chi connectivity index (χ0n) is 46.5. The third-order valence-electron chi connectivity index (χ3n) is 15.0. The molecule has 3 saturated heterocycles. The summed E-state index contributed by atoms with van der Waals surface area (Å²) in [6.07, 6.45) is -0.223. The summed E-state index contributed by atoms with van der Waals surface area (Å²) in [5.41, 5.74) is 0. The number of amides is 2. The van der Waals surface area contributed by atoms with Gasteiger partial charge in [-0.05, 0) is 38.5 Å². The fraction of sp³-hybridized carbons (Fsp3) is 0.909. The molecule has 0 aromatic heterocycles. The van der Waals surface area contributed by atoms with Crippen LogP contribution in [0.2, 0.25) is 0 Å². The molecule has 78 heavy (non-hydrogen) atoms. The van der Waals surface area contributed by atoms with E-state index in [1.165, 1.54) is 77.0 Å². The quantitative estimate of drug-likeness (QED) is 0.0305. The first-order valence-electron chi connectivity index (χ1n) is 29.0. The van der Waals surface area contributed by atoms with Crippen molar-refractivity contribution in [3.05, 3.63) is 12.2 Å². The summed E-state index contributed by atoms with van der Waals surface area (Å²) < 4.78 is 34.6. The van der Waals surface area contributed by atoms with E-state index < -0.39 is 148 Å². The summed E-state index contributed by atoms with van der Waals surface area (Å²) in [5, 5.41) is 135. The van der Waals surface area contributed by atoms with Crippen LogP contribution in [0, 0.1) is 0 Å². The molecule has 3 heterocycles. The van der Waals surface area contributed by atoms with Crippen LogP contribution in [0.25, 0.3) is 0 Å². The van der Waals surface area contributed by atoms with Gasteiger partial charge in [0.15, 0.2) is 12.6 Å². The Morgan fingerprint density at radius 2 is 1.19 bits per heavy atom. The fourth-order valence-electron chi connectivity index (χ4n) is 10.2. The number of aliphatic hydroxyl groups excluding tert-OH is 11. The Hall–Kier alpha value is -2.53. The molecule has 2 amide bonds. The largest absolute Gasteiger partial charge is 0.477 e. The van der Waals surface area contributed by atoms with Gasteiger partial charge in [0.1, 0.15) is 67.1 Å². The normalized spacial score (nSPS) is 31.2. The number of ether oxygens (including phenoxy) is 6. The number of carbonyl (C=O) groups excluding carboxylic acids is 2. The highest BCUT2D eigenvalue weighted by Crippen LogP contribution is 2.38. The van der Waals surface area contributed by atoms with Crippen LogP contribution in [0.4, 0.5) is 0 Å². The molecule has 0 radical (unpaired) electrons. The third kappa shape index (κ3) is 23.0. The number of carboxylic acid groups (broad SMARTS) is 1. The summed E-state index contributed by atoms with van der Waals surface area (Å²) in [5.74, 6) is -6.12. The average Bonchev–Trinajstić information content (AvgIpc) is 3.51. The zero-order valence-corrected chi connectivity index (χ0v) is 46.5. The van der Waals surface area contributed by atoms with E-state index in [1.54, 1.807) is 0 Å². The molecule has 0 saturated carbocycles. The number of aliphatic hydroxyl groups is 11. The minimum Gasteiger partial charge on any atom is -0.477 e. The van der Waals surface area contributed by atoms with E-state index in [0.29, 0.717) is 19.3 Å². The SMILES string of the molecule is CCCCCCCC/C=C\CCCCCC(=O)NC(COC1OC(CO)C(OC2OC(CO)C(O)C(OC3(C(=O)O)CC(O)C(NC(C)=O)C(C(O)C(O)CO)O3)C2O)C(O)C1O)C(O)CCCCCCCCCCCCC. The van der Waals surface area contributed by atoms with Crippen LogP contribution in [0.3, 0.4) is 0 Å². The Bertz CT molecular complexity index is 1670. The second-order valence-electron chi connectivity index (χ2n) is 21.5. The van der Waals surface area contributed by atoms with Gasteiger partial charge in [0.05, 0.1) is 50.7 Å². The van der Waals surface area contributed by atoms with E-state index in [1.807, 2.05) is 0 Å². The minimum atomic E-state index is -3.08. The van der Waals surface area contributed by atoms with Gasteiger partial charge in [-0.1, -0.05) is 135 Å². The van der Waals surface area contributed by atoms with Crippen LogP contribution < -0.4 is 10.6 Å². The number of hydrogen-bond donors (Lipinski definition) is 14. The summed E-state index contributed by atoms with van der Waals surface area (Å²) >= 11 is 0. The van der Waals surface area contributed by atoms with Crippen LogP contribution in [-0.2, 0) is 42.8 Å². The molecule has 0 aliphatic carbocycles. The number of allylic oxidation sites excluding steroid dienone is 2. The van der Waals surface area contributed by atoms with Gasteiger partial charge in [-0.2, -0.15) is 0 Å². The number of carbonyl (C=O) groups is 3. The number of carboxylic acids is 1. The van der Waals surface area contributed by atoms with Crippen molar-refractivity contribution in [3.8, 4) is 0 Å². The summed E-state index contributed by atoms with van der Waals surface area (Å²) in [7, 11) is 0. The predicted octanol–water partition coefficient (Wildman–Crippen LogP) is 1.61. The van der Waals surface area contributed by atoms with E-state index in [9.17, 15) is 75.7 Å². The van der Waals surface area contributed by atoms with Gasteiger partial charge in [0.2, 0.25) is 11.8 Å². The zero-order chi connectivity index (χ0) is 57.6. The molecule has 0 aromatic rings. The highest BCUT2D eigenvalue weighted by atomic mass is 16.8. The highest BCUT2D eigenvalue weighted by Gasteiger charge is 2.60. The molecular weight excluding hydrogens is 1020 g/mol. The molecule has 18 atom stereocenters. The minimum absolute atomic E-state index is 0.203. The smallest absolute Gasteiger partial charge is 0.364 e. The molecule has 3 aliphatic heterocycles. The van der Waals surface area contributed by atoms with Gasteiger partial charge < -0.3 is 100 Å². The molecule has 3 fully saturated rings. The van der Waals surface area contributed by atoms with Crippen molar-refractivity contribution in [2.24, 2.45) is 0 Å². The lowest BCUT2D eigenvalue weighted by atomic mass is 9.88. The maximum atomic E-state index is 13.3. The number of hydrogen-bond acceptors (Lipinski definition) is 20. The van der Waals surface area contributed by atoms with Crippen LogP contribution in [0.5, 0.6) is 0 Å². The van der Waals surface area contributed by atoms with Crippen molar-refractivity contribution in [1.82, 2.24) is 10.6 Å². The first-order valence-corrected chi connectivity index (χ1v) is 29.0. The fourth-order valence-corrected chi connectivity index (χ4v) is 10.2. The van der Waals surface area contributed by atoms with Crippen LogP contribution in [-0.4, -0.2) is 215 Å². The Morgan fingerprint density at radius 1 is 0.654 bits per heavy atom. The van der Waals surface area contributed by atoms with Gasteiger partial charge in [0.25, 0.3) is 5.79 Å². The van der Waals surface area contributed by atoms with Crippen molar-refractivity contribution in [2.75, 3.05) is 26.4 Å². The molecule has 0 aromatic carbocycles. The Labute approximate surface area is 461 Å². The van der Waals surface area contributed by atoms with E-state index in [2.05, 4.69) is 36.6 Å². The van der Waals surface area contributed by atoms with Gasteiger partial charge in [0, 0.05) is 19.8 Å². The van der Waals surface area contributed by atoms with Crippen molar-refractivity contribution >= 4 is 17.8 Å².